The van der Waals surface area contributed by atoms with E-state index in [2.05, 4.69) is 42.4 Å². The number of imidazole rings is 1. The molecule has 1 heterocycles. The van der Waals surface area contributed by atoms with E-state index in [1.807, 2.05) is 47.0 Å². The lowest BCUT2D eigenvalue weighted by molar-refractivity contribution is -0.121. The van der Waals surface area contributed by atoms with Crippen molar-refractivity contribution >= 4 is 55.0 Å². The van der Waals surface area contributed by atoms with Gasteiger partial charge in [0.15, 0.2) is 11.5 Å². The summed E-state index contributed by atoms with van der Waals surface area (Å²) in [6, 6.07) is 18.2. The van der Waals surface area contributed by atoms with Crippen LogP contribution < -0.4 is 5.43 Å². The van der Waals surface area contributed by atoms with Gasteiger partial charge in [0, 0.05) is 20.9 Å². The highest BCUT2D eigenvalue weighted by Crippen LogP contribution is 2.27. The first-order valence-electron chi connectivity index (χ1n) is 9.62. The molecule has 162 valence electrons. The standard InChI is InChI=1S/C23H18Br2N4O3/c24-16-6-4-14(5-7-16)10-21-27-18-9-8-17(25)11-19(18)29(21)13-22(31)28-26-12-15-2-1-3-20(30)23(15)32/h1-9,11-12,30,32H,10,13H2,(H,28,31)/b26-12+. The normalized spacial score (nSPS) is 11.3. The molecule has 0 fully saturated rings. The van der Waals surface area contributed by atoms with Gasteiger partial charge in [-0.2, -0.15) is 5.10 Å². The van der Waals surface area contributed by atoms with Gasteiger partial charge in [0.2, 0.25) is 0 Å². The lowest BCUT2D eigenvalue weighted by atomic mass is 10.1. The lowest BCUT2D eigenvalue weighted by Gasteiger charge is -2.09. The minimum Gasteiger partial charge on any atom is -0.504 e. The van der Waals surface area contributed by atoms with Crippen molar-refractivity contribution < 1.29 is 15.0 Å². The molecule has 3 aromatic carbocycles. The number of para-hydroxylation sites is 1. The molecule has 0 aliphatic heterocycles. The maximum atomic E-state index is 12.6. The van der Waals surface area contributed by atoms with Crippen LogP contribution in [0.25, 0.3) is 11.0 Å². The summed E-state index contributed by atoms with van der Waals surface area (Å²) in [6.45, 7) is 0.0160. The van der Waals surface area contributed by atoms with Crippen LogP contribution in [0.2, 0.25) is 0 Å². The Morgan fingerprint density at radius 3 is 2.59 bits per heavy atom. The van der Waals surface area contributed by atoms with E-state index in [0.29, 0.717) is 12.0 Å². The number of carbonyl (C=O) groups is 1. The minimum atomic E-state index is -0.350. The summed E-state index contributed by atoms with van der Waals surface area (Å²) in [6.07, 6.45) is 1.84. The van der Waals surface area contributed by atoms with Gasteiger partial charge >= 0.3 is 0 Å². The third kappa shape index (κ3) is 5.00. The summed E-state index contributed by atoms with van der Waals surface area (Å²) in [5.41, 5.74) is 5.45. The predicted octanol–water partition coefficient (Wildman–Crippen LogP) is 4.71. The number of hydrogen-bond donors (Lipinski definition) is 3. The van der Waals surface area contributed by atoms with E-state index in [1.165, 1.54) is 12.3 Å². The zero-order chi connectivity index (χ0) is 22.7. The SMILES string of the molecule is O=C(Cn1c(Cc2ccc(Br)cc2)nc2ccc(Br)cc21)N/N=C/c1cccc(O)c1O. The number of amides is 1. The number of hydrogen-bond acceptors (Lipinski definition) is 5. The highest BCUT2D eigenvalue weighted by molar-refractivity contribution is 9.10. The maximum absolute atomic E-state index is 12.6. The second-order valence-electron chi connectivity index (χ2n) is 7.06. The fraction of sp³-hybridized carbons (Fsp3) is 0.0870. The molecule has 0 bridgehead atoms. The number of aromatic hydroxyl groups is 2. The number of benzene rings is 3. The van der Waals surface area contributed by atoms with Crippen LogP contribution in [0.4, 0.5) is 0 Å². The topological polar surface area (TPSA) is 99.7 Å². The number of halogens is 2. The fourth-order valence-electron chi connectivity index (χ4n) is 3.25. The van der Waals surface area contributed by atoms with Crippen molar-refractivity contribution in [3.05, 3.63) is 86.6 Å². The second-order valence-corrected chi connectivity index (χ2v) is 8.89. The number of fused-ring (bicyclic) bond motifs is 1. The highest BCUT2D eigenvalue weighted by atomic mass is 79.9. The number of phenolic OH excluding ortho intramolecular Hbond substituents is 2. The zero-order valence-corrected chi connectivity index (χ0v) is 19.8. The van der Waals surface area contributed by atoms with Crippen LogP contribution in [-0.4, -0.2) is 31.9 Å². The number of carbonyl (C=O) groups excluding carboxylic acids is 1. The molecule has 0 aliphatic carbocycles. The number of hydrazone groups is 1. The molecule has 4 rings (SSSR count). The molecule has 0 atom stereocenters. The molecular weight excluding hydrogens is 540 g/mol. The average molecular weight is 558 g/mol. The summed E-state index contributed by atoms with van der Waals surface area (Å²) in [4.78, 5) is 17.4. The number of aromatic nitrogens is 2. The van der Waals surface area contributed by atoms with Crippen molar-refractivity contribution in [2.24, 2.45) is 5.10 Å². The van der Waals surface area contributed by atoms with Gasteiger partial charge < -0.3 is 14.8 Å². The van der Waals surface area contributed by atoms with E-state index in [-0.39, 0.29) is 24.0 Å². The van der Waals surface area contributed by atoms with Gasteiger partial charge in [-0.3, -0.25) is 4.79 Å². The molecule has 0 unspecified atom stereocenters. The van der Waals surface area contributed by atoms with Crippen LogP contribution in [-0.2, 0) is 17.8 Å². The summed E-state index contributed by atoms with van der Waals surface area (Å²) in [5, 5.41) is 23.3. The number of phenols is 2. The Morgan fingerprint density at radius 2 is 1.81 bits per heavy atom. The van der Waals surface area contributed by atoms with Gasteiger partial charge in [0.05, 0.1) is 17.2 Å². The molecule has 0 saturated heterocycles. The van der Waals surface area contributed by atoms with E-state index >= 15 is 0 Å². The summed E-state index contributed by atoms with van der Waals surface area (Å²) >= 11 is 6.92. The van der Waals surface area contributed by atoms with E-state index in [0.717, 1.165) is 31.4 Å². The van der Waals surface area contributed by atoms with Crippen LogP contribution in [0, 0.1) is 0 Å². The Labute approximate surface area is 200 Å². The predicted molar refractivity (Wildman–Crippen MR) is 130 cm³/mol. The van der Waals surface area contributed by atoms with E-state index in [9.17, 15) is 15.0 Å². The van der Waals surface area contributed by atoms with Gasteiger partial charge in [0.25, 0.3) is 5.91 Å². The van der Waals surface area contributed by atoms with Crippen LogP contribution in [0.3, 0.4) is 0 Å². The molecule has 0 radical (unpaired) electrons. The van der Waals surface area contributed by atoms with Crippen LogP contribution in [0.15, 0.2) is 74.7 Å². The van der Waals surface area contributed by atoms with Crippen molar-refractivity contribution in [2.45, 2.75) is 13.0 Å². The van der Waals surface area contributed by atoms with E-state index in [4.69, 9.17) is 4.98 Å². The molecule has 0 aliphatic rings. The van der Waals surface area contributed by atoms with Crippen molar-refractivity contribution in [2.75, 3.05) is 0 Å². The van der Waals surface area contributed by atoms with E-state index in [1.54, 1.807) is 12.1 Å². The molecule has 1 amide bonds. The summed E-state index contributed by atoms with van der Waals surface area (Å²) in [7, 11) is 0. The van der Waals surface area contributed by atoms with Gasteiger partial charge in [-0.05, 0) is 48.0 Å². The van der Waals surface area contributed by atoms with Crippen molar-refractivity contribution in [1.29, 1.82) is 0 Å². The third-order valence-electron chi connectivity index (χ3n) is 4.81. The summed E-state index contributed by atoms with van der Waals surface area (Å²) < 4.78 is 3.74. The first-order chi connectivity index (χ1) is 15.4. The Kier molecular flexibility index (Phi) is 6.57. The number of nitrogens with zero attached hydrogens (tertiary/aromatic N) is 3. The maximum Gasteiger partial charge on any atom is 0.260 e. The smallest absolute Gasteiger partial charge is 0.260 e. The second kappa shape index (κ2) is 9.54. The summed E-state index contributed by atoms with van der Waals surface area (Å²) in [5.74, 6) is -0.150. The number of rotatable bonds is 6. The third-order valence-corrected chi connectivity index (χ3v) is 5.83. The molecule has 9 heteroatoms. The lowest BCUT2D eigenvalue weighted by Crippen LogP contribution is -2.24. The Morgan fingerprint density at radius 1 is 1.06 bits per heavy atom. The van der Waals surface area contributed by atoms with Crippen LogP contribution in [0.1, 0.15) is 17.0 Å². The zero-order valence-electron chi connectivity index (χ0n) is 16.7. The first-order valence-corrected chi connectivity index (χ1v) is 11.2. The molecule has 32 heavy (non-hydrogen) atoms. The largest absolute Gasteiger partial charge is 0.504 e. The quantitative estimate of drug-likeness (QED) is 0.181. The monoisotopic (exact) mass is 556 g/mol. The van der Waals surface area contributed by atoms with Gasteiger partial charge in [-0.15, -0.1) is 0 Å². The molecule has 7 nitrogen and oxygen atoms in total. The Bertz CT molecular complexity index is 1320. The fourth-order valence-corrected chi connectivity index (χ4v) is 3.86. The van der Waals surface area contributed by atoms with Gasteiger partial charge in [-0.25, -0.2) is 10.4 Å². The van der Waals surface area contributed by atoms with Crippen LogP contribution >= 0.6 is 31.9 Å². The van der Waals surface area contributed by atoms with Crippen LogP contribution in [0.5, 0.6) is 11.5 Å². The molecule has 0 saturated carbocycles. The molecular formula is C23H18Br2N4O3. The molecule has 0 spiro atoms. The Hall–Kier alpha value is -3.17. The highest BCUT2D eigenvalue weighted by Gasteiger charge is 2.15. The van der Waals surface area contributed by atoms with Crippen molar-refractivity contribution in [3.63, 3.8) is 0 Å². The first kappa shape index (κ1) is 22.0. The molecule has 4 aromatic rings. The minimum absolute atomic E-state index is 0.0160. The van der Waals surface area contributed by atoms with Crippen molar-refractivity contribution in [3.8, 4) is 11.5 Å². The molecule has 1 aromatic heterocycles. The average Bonchev–Trinajstić information content (AvgIpc) is 3.09. The Balaban J connectivity index is 1.57. The van der Waals surface area contributed by atoms with Gasteiger partial charge in [0.1, 0.15) is 12.4 Å². The van der Waals surface area contributed by atoms with E-state index < -0.39 is 0 Å². The van der Waals surface area contributed by atoms with Crippen molar-refractivity contribution in [1.82, 2.24) is 15.0 Å². The molecule has 3 N–H and O–H groups in total. The van der Waals surface area contributed by atoms with Gasteiger partial charge in [-0.1, -0.05) is 50.1 Å². The number of nitrogens with one attached hydrogen (secondary N) is 1.